The second-order valence-electron chi connectivity index (χ2n) is 10.0. The molecule has 7 nitrogen and oxygen atoms in total. The summed E-state index contributed by atoms with van der Waals surface area (Å²) in [7, 11) is 0. The average molecular weight is 507 g/mol. The maximum atomic E-state index is 13.2. The van der Waals surface area contributed by atoms with Crippen LogP contribution in [0.5, 0.6) is 0 Å². The number of aromatic nitrogens is 5. The third-order valence-corrected chi connectivity index (χ3v) is 7.10. The monoisotopic (exact) mass is 506 g/mol. The normalized spacial score (nSPS) is 12.3. The topological polar surface area (TPSA) is 79.7 Å². The van der Waals surface area contributed by atoms with E-state index in [1.54, 1.807) is 0 Å². The van der Waals surface area contributed by atoms with Crippen LogP contribution in [0.15, 0.2) is 83.7 Å². The molecule has 0 radical (unpaired) electrons. The van der Waals surface area contributed by atoms with Gasteiger partial charge in [-0.25, -0.2) is 4.68 Å². The molecule has 0 fully saturated rings. The quantitative estimate of drug-likeness (QED) is 0.270. The summed E-state index contributed by atoms with van der Waals surface area (Å²) >= 11 is 0. The van der Waals surface area contributed by atoms with Crippen LogP contribution in [0.3, 0.4) is 0 Å². The van der Waals surface area contributed by atoms with E-state index in [1.165, 1.54) is 16.7 Å². The van der Waals surface area contributed by atoms with Crippen molar-refractivity contribution in [1.82, 2.24) is 30.1 Å². The summed E-state index contributed by atoms with van der Waals surface area (Å²) in [6.07, 6.45) is 1.65. The van der Waals surface area contributed by atoms with Crippen molar-refractivity contribution in [1.29, 1.82) is 0 Å². The van der Waals surface area contributed by atoms with E-state index in [0.29, 0.717) is 19.6 Å². The van der Waals surface area contributed by atoms with E-state index in [4.69, 9.17) is 0 Å². The number of nitrogens with zero attached hydrogens (tertiary/aromatic N) is 5. The molecule has 0 amide bonds. The smallest absolute Gasteiger partial charge is 0.252 e. The first-order valence-corrected chi connectivity index (χ1v) is 13.2. The molecule has 1 atom stereocenters. The number of hydrogen-bond acceptors (Lipinski definition) is 5. The summed E-state index contributed by atoms with van der Waals surface area (Å²) in [4.78, 5) is 18.6. The Morgan fingerprint density at radius 2 is 1.66 bits per heavy atom. The van der Waals surface area contributed by atoms with Gasteiger partial charge in [0, 0.05) is 30.7 Å². The van der Waals surface area contributed by atoms with Gasteiger partial charge in [0.05, 0.1) is 6.04 Å². The lowest BCUT2D eigenvalue weighted by Gasteiger charge is -2.30. The Kier molecular flexibility index (Phi) is 7.75. The number of rotatable bonds is 10. The largest absolute Gasteiger partial charge is 0.322 e. The Hall–Kier alpha value is -4.10. The van der Waals surface area contributed by atoms with Gasteiger partial charge in [-0.15, -0.1) is 5.10 Å². The van der Waals surface area contributed by atoms with Crippen LogP contribution in [0, 0.1) is 13.8 Å². The average Bonchev–Trinajstić information content (AvgIpc) is 3.38. The zero-order valence-corrected chi connectivity index (χ0v) is 22.3. The molecule has 3 aromatic carbocycles. The van der Waals surface area contributed by atoms with Gasteiger partial charge in [-0.1, -0.05) is 79.2 Å². The number of H-pyrrole nitrogens is 1. The molecular formula is C31H34N6O. The Balaban J connectivity index is 1.47. The van der Waals surface area contributed by atoms with Gasteiger partial charge in [-0.3, -0.25) is 9.69 Å². The summed E-state index contributed by atoms with van der Waals surface area (Å²) in [5, 5.41) is 13.9. The molecule has 7 heteroatoms. The van der Waals surface area contributed by atoms with Gasteiger partial charge >= 0.3 is 0 Å². The highest BCUT2D eigenvalue weighted by molar-refractivity contribution is 5.79. The van der Waals surface area contributed by atoms with Crippen LogP contribution in [-0.2, 0) is 26.1 Å². The number of fused-ring (bicyclic) bond motifs is 1. The third kappa shape index (κ3) is 5.89. The summed E-state index contributed by atoms with van der Waals surface area (Å²) in [5.41, 5.74) is 6.31. The van der Waals surface area contributed by atoms with E-state index in [1.807, 2.05) is 29.8 Å². The van der Waals surface area contributed by atoms with Crippen LogP contribution in [0.2, 0.25) is 0 Å². The Morgan fingerprint density at radius 3 is 2.42 bits per heavy atom. The standard InChI is InChI=1S/C31H34N6O/c1-4-29(30-33-34-35-37(30)17-16-24-8-6-5-7-9-24)36(20-25-13-10-22(2)11-14-25)21-27-19-26-15-12-23(3)18-28(26)32-31(27)38/h5-15,18-19,29H,4,16-17,20-21H2,1-3H3,(H,32,38)/t29-/m0/s1. The summed E-state index contributed by atoms with van der Waals surface area (Å²) in [5.74, 6) is 0.823. The van der Waals surface area contributed by atoms with Crippen molar-refractivity contribution in [3.05, 3.63) is 123 Å². The summed E-state index contributed by atoms with van der Waals surface area (Å²) in [6, 6.07) is 27.0. The van der Waals surface area contributed by atoms with Crippen molar-refractivity contribution in [2.45, 2.75) is 59.3 Å². The Morgan fingerprint density at radius 1 is 0.895 bits per heavy atom. The van der Waals surface area contributed by atoms with E-state index in [2.05, 4.69) is 99.9 Å². The van der Waals surface area contributed by atoms with E-state index >= 15 is 0 Å². The lowest BCUT2D eigenvalue weighted by molar-refractivity contribution is 0.160. The third-order valence-electron chi connectivity index (χ3n) is 7.10. The lowest BCUT2D eigenvalue weighted by Crippen LogP contribution is -2.32. The minimum absolute atomic E-state index is 0.0597. The molecule has 0 aliphatic heterocycles. The van der Waals surface area contributed by atoms with Crippen LogP contribution >= 0.6 is 0 Å². The molecule has 38 heavy (non-hydrogen) atoms. The highest BCUT2D eigenvalue weighted by atomic mass is 16.1. The second-order valence-corrected chi connectivity index (χ2v) is 10.0. The van der Waals surface area contributed by atoms with Gasteiger partial charge in [0.25, 0.3) is 5.56 Å². The molecule has 0 saturated carbocycles. The van der Waals surface area contributed by atoms with Crippen molar-refractivity contribution in [2.24, 2.45) is 0 Å². The molecule has 0 aliphatic rings. The molecule has 5 rings (SSSR count). The maximum absolute atomic E-state index is 13.2. The molecule has 2 heterocycles. The van der Waals surface area contributed by atoms with Crippen LogP contribution in [0.1, 0.15) is 53.0 Å². The number of aromatic amines is 1. The number of pyridine rings is 1. The second kappa shape index (κ2) is 11.5. The van der Waals surface area contributed by atoms with Crippen LogP contribution < -0.4 is 5.56 Å². The van der Waals surface area contributed by atoms with E-state index in [0.717, 1.165) is 40.7 Å². The molecule has 194 valence electrons. The highest BCUT2D eigenvalue weighted by Crippen LogP contribution is 2.27. The Bertz CT molecular complexity index is 1560. The Labute approximate surface area is 223 Å². The molecule has 5 aromatic rings. The fourth-order valence-corrected chi connectivity index (χ4v) is 4.99. The van der Waals surface area contributed by atoms with Gasteiger partial charge in [0.15, 0.2) is 5.82 Å². The molecule has 0 spiro atoms. The molecule has 0 unspecified atom stereocenters. The number of benzene rings is 3. The number of hydrogen-bond donors (Lipinski definition) is 1. The van der Waals surface area contributed by atoms with Crippen molar-refractivity contribution in [2.75, 3.05) is 0 Å². The first-order chi connectivity index (χ1) is 18.5. The van der Waals surface area contributed by atoms with Crippen molar-refractivity contribution in [3.63, 3.8) is 0 Å². The number of aryl methyl sites for hydroxylation is 4. The molecule has 2 aromatic heterocycles. The first-order valence-electron chi connectivity index (χ1n) is 13.2. The molecule has 0 saturated heterocycles. The van der Waals surface area contributed by atoms with Gasteiger partial charge < -0.3 is 4.98 Å². The van der Waals surface area contributed by atoms with Crippen LogP contribution in [0.25, 0.3) is 10.9 Å². The minimum Gasteiger partial charge on any atom is -0.322 e. The first kappa shape index (κ1) is 25.5. The molecule has 1 N–H and O–H groups in total. The SMILES string of the molecule is CC[C@@H](c1nnnn1CCc1ccccc1)N(Cc1ccc(C)cc1)Cc1cc2ccc(C)cc2[nH]c1=O. The van der Waals surface area contributed by atoms with Crippen LogP contribution in [0.4, 0.5) is 0 Å². The van der Waals surface area contributed by atoms with E-state index in [-0.39, 0.29) is 11.6 Å². The molecule has 0 aliphatic carbocycles. The molecular weight excluding hydrogens is 472 g/mol. The maximum Gasteiger partial charge on any atom is 0.252 e. The number of tetrazole rings is 1. The predicted octanol–water partition coefficient (Wildman–Crippen LogP) is 5.53. The van der Waals surface area contributed by atoms with Crippen molar-refractivity contribution < 1.29 is 0 Å². The zero-order valence-electron chi connectivity index (χ0n) is 22.3. The fraction of sp³-hybridized carbons (Fsp3) is 0.290. The number of nitrogens with one attached hydrogen (secondary N) is 1. The van der Waals surface area contributed by atoms with Gasteiger partial charge in [-0.2, -0.15) is 0 Å². The fourth-order valence-electron chi connectivity index (χ4n) is 4.99. The minimum atomic E-state index is -0.0600. The van der Waals surface area contributed by atoms with Crippen molar-refractivity contribution >= 4 is 10.9 Å². The highest BCUT2D eigenvalue weighted by Gasteiger charge is 2.26. The lowest BCUT2D eigenvalue weighted by atomic mass is 10.1. The van der Waals surface area contributed by atoms with E-state index in [9.17, 15) is 4.79 Å². The summed E-state index contributed by atoms with van der Waals surface area (Å²) < 4.78 is 1.91. The van der Waals surface area contributed by atoms with Crippen LogP contribution in [-0.4, -0.2) is 30.1 Å². The zero-order chi connectivity index (χ0) is 26.5. The van der Waals surface area contributed by atoms with Gasteiger partial charge in [0.1, 0.15) is 0 Å². The van der Waals surface area contributed by atoms with Gasteiger partial charge in [-0.05, 0) is 71.3 Å². The summed E-state index contributed by atoms with van der Waals surface area (Å²) in [6.45, 7) is 8.12. The van der Waals surface area contributed by atoms with Crippen molar-refractivity contribution in [3.8, 4) is 0 Å². The van der Waals surface area contributed by atoms with E-state index < -0.39 is 0 Å². The predicted molar refractivity (Wildman–Crippen MR) is 151 cm³/mol. The molecule has 0 bridgehead atoms. The van der Waals surface area contributed by atoms with Gasteiger partial charge in [0.2, 0.25) is 0 Å².